The third-order valence-electron chi connectivity index (χ3n) is 4.63. The molecule has 0 fully saturated rings. The Bertz CT molecular complexity index is 1010. The van der Waals surface area contributed by atoms with Crippen molar-refractivity contribution in [3.8, 4) is 5.75 Å². The maximum Gasteiger partial charge on any atom is 0.257 e. The molecule has 32 heavy (non-hydrogen) atoms. The van der Waals surface area contributed by atoms with Gasteiger partial charge in [-0.25, -0.2) is 0 Å². The van der Waals surface area contributed by atoms with Crippen LogP contribution in [0.3, 0.4) is 0 Å². The Balaban J connectivity index is 1.45. The molecule has 0 atom stereocenters. The number of halogens is 2. The number of nitrogens with one attached hydrogen (secondary N) is 1. The van der Waals surface area contributed by atoms with Crippen molar-refractivity contribution in [1.82, 2.24) is 10.2 Å². The van der Waals surface area contributed by atoms with Gasteiger partial charge in [-0.15, -0.1) is 10.2 Å². The van der Waals surface area contributed by atoms with Crippen LogP contribution in [0.1, 0.15) is 54.9 Å². The molecule has 1 aromatic heterocycles. The van der Waals surface area contributed by atoms with E-state index in [0.717, 1.165) is 22.1 Å². The Morgan fingerprint density at radius 2 is 1.84 bits per heavy atom. The van der Waals surface area contributed by atoms with Crippen molar-refractivity contribution in [2.24, 2.45) is 0 Å². The monoisotopic (exact) mass is 509 g/mol. The second-order valence-electron chi connectivity index (χ2n) is 7.14. The lowest BCUT2D eigenvalue weighted by Gasteiger charge is -2.07. The molecule has 0 aliphatic rings. The van der Waals surface area contributed by atoms with E-state index in [2.05, 4.69) is 22.4 Å². The van der Waals surface area contributed by atoms with Crippen LogP contribution in [0, 0.1) is 0 Å². The van der Waals surface area contributed by atoms with Crippen LogP contribution >= 0.6 is 46.3 Å². The first-order valence-corrected chi connectivity index (χ1v) is 13.1. The van der Waals surface area contributed by atoms with Crippen molar-refractivity contribution in [3.05, 3.63) is 63.6 Å². The van der Waals surface area contributed by atoms with Gasteiger partial charge in [-0.1, -0.05) is 85.0 Å². The summed E-state index contributed by atoms with van der Waals surface area (Å²) in [5, 5.41) is 12.7. The average Bonchev–Trinajstić information content (AvgIpc) is 3.23. The molecule has 3 aromatic rings. The summed E-state index contributed by atoms with van der Waals surface area (Å²) in [4.78, 5) is 12.5. The lowest BCUT2D eigenvalue weighted by atomic mass is 10.2. The minimum atomic E-state index is -0.232. The van der Waals surface area contributed by atoms with Gasteiger partial charge in [0.2, 0.25) is 5.13 Å². The lowest BCUT2D eigenvalue weighted by molar-refractivity contribution is 0.102. The Morgan fingerprint density at radius 3 is 2.59 bits per heavy atom. The molecule has 1 heterocycles. The number of amides is 1. The highest BCUT2D eigenvalue weighted by molar-refractivity contribution is 8.00. The topological polar surface area (TPSA) is 64.1 Å². The summed E-state index contributed by atoms with van der Waals surface area (Å²) in [5.74, 6) is 1.18. The highest BCUT2D eigenvalue weighted by Gasteiger charge is 2.12. The van der Waals surface area contributed by atoms with E-state index in [1.807, 2.05) is 18.2 Å². The van der Waals surface area contributed by atoms with Gasteiger partial charge in [0.15, 0.2) is 4.34 Å². The van der Waals surface area contributed by atoms with Gasteiger partial charge in [-0.3, -0.25) is 10.1 Å². The Kier molecular flexibility index (Phi) is 10.1. The molecule has 1 N–H and O–H groups in total. The Hall–Kier alpha value is -1.80. The van der Waals surface area contributed by atoms with Crippen molar-refractivity contribution in [1.29, 1.82) is 0 Å². The van der Waals surface area contributed by atoms with Gasteiger partial charge in [0.05, 0.1) is 6.61 Å². The molecule has 0 radical (unpaired) electrons. The van der Waals surface area contributed by atoms with Crippen LogP contribution in [-0.2, 0) is 5.75 Å². The van der Waals surface area contributed by atoms with Crippen molar-refractivity contribution < 1.29 is 9.53 Å². The van der Waals surface area contributed by atoms with E-state index in [1.54, 1.807) is 24.3 Å². The van der Waals surface area contributed by atoms with Gasteiger partial charge < -0.3 is 4.74 Å². The number of aromatic nitrogens is 2. The van der Waals surface area contributed by atoms with Gasteiger partial charge in [0.25, 0.3) is 5.91 Å². The van der Waals surface area contributed by atoms with Gasteiger partial charge in [0, 0.05) is 21.4 Å². The second kappa shape index (κ2) is 13.0. The fourth-order valence-electron chi connectivity index (χ4n) is 2.86. The fraction of sp³-hybridized carbons (Fsp3) is 0.348. The minimum Gasteiger partial charge on any atom is -0.494 e. The molecule has 0 spiro atoms. The Morgan fingerprint density at radius 1 is 1.06 bits per heavy atom. The number of hydrogen-bond acceptors (Lipinski definition) is 6. The molecular formula is C23H25Cl2N3O2S2. The third kappa shape index (κ3) is 7.96. The molecule has 9 heteroatoms. The molecule has 1 amide bonds. The highest BCUT2D eigenvalue weighted by atomic mass is 35.5. The zero-order valence-corrected chi connectivity index (χ0v) is 20.9. The number of carbonyl (C=O) groups excluding carboxylic acids is 1. The zero-order chi connectivity index (χ0) is 22.8. The molecule has 5 nitrogen and oxygen atoms in total. The summed E-state index contributed by atoms with van der Waals surface area (Å²) in [6.07, 6.45) is 5.99. The number of thioether (sulfide) groups is 1. The standard InChI is InChI=1S/C23H25Cl2N3O2S2/c1-2-3-4-5-6-13-30-19-11-8-16(9-12-19)21(29)26-22-27-28-23(32-22)31-15-17-7-10-18(24)14-20(17)25/h7-12,14H,2-6,13,15H2,1H3,(H,26,27,29). The quantitative estimate of drug-likeness (QED) is 0.153. The smallest absolute Gasteiger partial charge is 0.257 e. The minimum absolute atomic E-state index is 0.232. The number of anilines is 1. The number of unbranched alkanes of at least 4 members (excludes halogenated alkanes) is 4. The molecule has 0 aliphatic heterocycles. The number of rotatable bonds is 12. The first-order chi connectivity index (χ1) is 15.5. The summed E-state index contributed by atoms with van der Waals surface area (Å²) in [6, 6.07) is 12.5. The van der Waals surface area contributed by atoms with Gasteiger partial charge in [-0.2, -0.15) is 0 Å². The van der Waals surface area contributed by atoms with E-state index in [9.17, 15) is 4.79 Å². The highest BCUT2D eigenvalue weighted by Crippen LogP contribution is 2.31. The van der Waals surface area contributed by atoms with Crippen LogP contribution < -0.4 is 10.1 Å². The summed E-state index contributed by atoms with van der Waals surface area (Å²) in [6.45, 7) is 2.90. The van der Waals surface area contributed by atoms with Gasteiger partial charge >= 0.3 is 0 Å². The van der Waals surface area contributed by atoms with Crippen molar-refractivity contribution >= 4 is 57.3 Å². The average molecular weight is 511 g/mol. The number of benzene rings is 2. The maximum absolute atomic E-state index is 12.5. The normalized spacial score (nSPS) is 10.8. The van der Waals surface area contributed by atoms with Crippen LogP contribution in [0.15, 0.2) is 46.8 Å². The molecule has 0 unspecified atom stereocenters. The molecule has 2 aromatic carbocycles. The van der Waals surface area contributed by atoms with Crippen LogP contribution in [0.25, 0.3) is 0 Å². The summed E-state index contributed by atoms with van der Waals surface area (Å²) in [5.41, 5.74) is 1.50. The van der Waals surface area contributed by atoms with Crippen molar-refractivity contribution in [2.45, 2.75) is 49.1 Å². The number of nitrogens with zero attached hydrogens (tertiary/aromatic N) is 2. The predicted molar refractivity (Wildman–Crippen MR) is 135 cm³/mol. The predicted octanol–water partition coefficient (Wildman–Crippen LogP) is 7.74. The molecule has 0 aliphatic carbocycles. The van der Waals surface area contributed by atoms with Crippen molar-refractivity contribution in [2.75, 3.05) is 11.9 Å². The first kappa shape index (κ1) is 24.8. The summed E-state index contributed by atoms with van der Waals surface area (Å²) < 4.78 is 6.49. The van der Waals surface area contributed by atoms with Gasteiger partial charge in [-0.05, 0) is 48.4 Å². The molecular weight excluding hydrogens is 485 g/mol. The molecule has 170 valence electrons. The molecule has 0 bridgehead atoms. The van der Waals surface area contributed by atoms with Crippen molar-refractivity contribution in [3.63, 3.8) is 0 Å². The fourth-order valence-corrected chi connectivity index (χ4v) is 5.17. The van der Waals surface area contributed by atoms with E-state index in [0.29, 0.717) is 33.1 Å². The maximum atomic E-state index is 12.5. The van der Waals surface area contributed by atoms with Crippen LogP contribution in [0.2, 0.25) is 10.0 Å². The van der Waals surface area contributed by atoms with Crippen LogP contribution in [0.5, 0.6) is 5.75 Å². The Labute approximate surface area is 206 Å². The van der Waals surface area contributed by atoms with Gasteiger partial charge in [0.1, 0.15) is 5.75 Å². The van der Waals surface area contributed by atoms with E-state index in [4.69, 9.17) is 27.9 Å². The summed E-state index contributed by atoms with van der Waals surface area (Å²) in [7, 11) is 0. The number of carbonyl (C=O) groups is 1. The molecule has 3 rings (SSSR count). The van der Waals surface area contributed by atoms with E-state index in [1.165, 1.54) is 48.8 Å². The first-order valence-electron chi connectivity index (χ1n) is 10.5. The molecule has 0 saturated heterocycles. The van der Waals surface area contributed by atoms with E-state index in [-0.39, 0.29) is 5.91 Å². The number of ether oxygens (including phenoxy) is 1. The van der Waals surface area contributed by atoms with E-state index < -0.39 is 0 Å². The van der Waals surface area contributed by atoms with Crippen LogP contribution in [-0.4, -0.2) is 22.7 Å². The van der Waals surface area contributed by atoms with Crippen LogP contribution in [0.4, 0.5) is 5.13 Å². The summed E-state index contributed by atoms with van der Waals surface area (Å²) >= 11 is 15.0. The largest absolute Gasteiger partial charge is 0.494 e. The third-order valence-corrected chi connectivity index (χ3v) is 7.23. The zero-order valence-electron chi connectivity index (χ0n) is 17.8. The molecule has 0 saturated carbocycles. The second-order valence-corrected chi connectivity index (χ2v) is 10.2. The lowest BCUT2D eigenvalue weighted by Crippen LogP contribution is -2.11. The SMILES string of the molecule is CCCCCCCOc1ccc(C(=O)Nc2nnc(SCc3ccc(Cl)cc3Cl)s2)cc1. The van der Waals surface area contributed by atoms with E-state index >= 15 is 0 Å². The number of hydrogen-bond donors (Lipinski definition) is 1.